The molecule has 1 unspecified atom stereocenters. The molecule has 5 heteroatoms. The molecule has 1 saturated carbocycles. The van der Waals surface area contributed by atoms with Crippen molar-refractivity contribution in [1.82, 2.24) is 9.97 Å². The summed E-state index contributed by atoms with van der Waals surface area (Å²) in [6.45, 7) is 0. The molecule has 0 aromatic carbocycles. The van der Waals surface area contributed by atoms with Crippen LogP contribution in [0.3, 0.4) is 0 Å². The zero-order chi connectivity index (χ0) is 12.0. The smallest absolute Gasteiger partial charge is 0.355 e. The Kier molecular flexibility index (Phi) is 2.36. The van der Waals surface area contributed by atoms with E-state index in [1.807, 2.05) is 0 Å². The summed E-state index contributed by atoms with van der Waals surface area (Å²) in [5.41, 5.74) is 1.18. The highest BCUT2D eigenvalue weighted by Gasteiger charge is 2.32. The Labute approximate surface area is 98.5 Å². The van der Waals surface area contributed by atoms with E-state index in [0.717, 1.165) is 31.4 Å². The van der Waals surface area contributed by atoms with Crippen LogP contribution in [0.15, 0.2) is 0 Å². The predicted octanol–water partition coefficient (Wildman–Crippen LogP) is 1.42. The lowest BCUT2D eigenvalue weighted by molar-refractivity contribution is 0.0677. The van der Waals surface area contributed by atoms with Gasteiger partial charge in [-0.1, -0.05) is 0 Å². The van der Waals surface area contributed by atoms with Crippen molar-refractivity contribution in [2.24, 2.45) is 0 Å². The highest BCUT2D eigenvalue weighted by atomic mass is 16.4. The molecule has 2 N–H and O–H groups in total. The van der Waals surface area contributed by atoms with Gasteiger partial charge in [-0.15, -0.1) is 0 Å². The number of carbonyl (C=O) groups is 1. The quantitative estimate of drug-likeness (QED) is 0.808. The summed E-state index contributed by atoms with van der Waals surface area (Å²) < 4.78 is 0. The topological polar surface area (TPSA) is 83.3 Å². The maximum atomic E-state index is 11.2. The molecule has 5 nitrogen and oxygen atoms in total. The number of hydrogen-bond acceptors (Lipinski definition) is 4. The molecule has 2 aliphatic carbocycles. The van der Waals surface area contributed by atoms with Crippen LogP contribution in [0.1, 0.15) is 65.3 Å². The molecule has 17 heavy (non-hydrogen) atoms. The van der Waals surface area contributed by atoms with Crippen LogP contribution in [0.4, 0.5) is 0 Å². The Balaban J connectivity index is 2.15. The van der Waals surface area contributed by atoms with E-state index in [1.165, 1.54) is 0 Å². The first-order chi connectivity index (χ1) is 8.16. The van der Waals surface area contributed by atoms with Crippen LogP contribution >= 0.6 is 0 Å². The molecule has 1 heterocycles. The van der Waals surface area contributed by atoms with Gasteiger partial charge in [-0.05, 0) is 32.1 Å². The van der Waals surface area contributed by atoms with Crippen LogP contribution in [0.25, 0.3) is 0 Å². The van der Waals surface area contributed by atoms with Crippen LogP contribution in [-0.2, 0) is 6.42 Å². The minimum absolute atomic E-state index is 0.00380. The number of aliphatic hydroxyl groups is 1. The van der Waals surface area contributed by atoms with Crippen molar-refractivity contribution in [1.29, 1.82) is 0 Å². The summed E-state index contributed by atoms with van der Waals surface area (Å²) >= 11 is 0. The van der Waals surface area contributed by atoms with Crippen molar-refractivity contribution >= 4 is 5.97 Å². The molecule has 0 amide bonds. The standard InChI is InChI=1S/C12H14N2O3/c15-8-3-1-2-7-9(8)10(12(16)17)14-11(13-7)6-4-5-6/h6,8,15H,1-5H2,(H,16,17). The summed E-state index contributed by atoms with van der Waals surface area (Å²) in [7, 11) is 0. The van der Waals surface area contributed by atoms with Crippen molar-refractivity contribution in [3.63, 3.8) is 0 Å². The van der Waals surface area contributed by atoms with Gasteiger partial charge in [0.05, 0.1) is 11.8 Å². The van der Waals surface area contributed by atoms with Crippen LogP contribution in [0.5, 0.6) is 0 Å². The molecule has 2 aliphatic rings. The second-order valence-corrected chi connectivity index (χ2v) is 4.78. The number of carboxylic acids is 1. The molecule has 0 spiro atoms. The monoisotopic (exact) mass is 234 g/mol. The largest absolute Gasteiger partial charge is 0.476 e. The first kappa shape index (κ1) is 10.7. The summed E-state index contributed by atoms with van der Waals surface area (Å²) in [5.74, 6) is -0.0841. The van der Waals surface area contributed by atoms with E-state index in [1.54, 1.807) is 0 Å². The number of carboxylic acid groups (broad SMARTS) is 1. The number of aryl methyl sites for hydroxylation is 1. The average molecular weight is 234 g/mol. The first-order valence-corrected chi connectivity index (χ1v) is 5.99. The van der Waals surface area contributed by atoms with Gasteiger partial charge in [0.25, 0.3) is 0 Å². The van der Waals surface area contributed by atoms with Gasteiger partial charge in [-0.3, -0.25) is 0 Å². The zero-order valence-electron chi connectivity index (χ0n) is 9.39. The maximum absolute atomic E-state index is 11.2. The van der Waals surface area contributed by atoms with Gasteiger partial charge in [0.2, 0.25) is 0 Å². The third-order valence-corrected chi connectivity index (χ3v) is 3.41. The van der Waals surface area contributed by atoms with E-state index in [0.29, 0.717) is 23.7 Å². The molecular formula is C12H14N2O3. The molecule has 1 fully saturated rings. The third-order valence-electron chi connectivity index (χ3n) is 3.41. The van der Waals surface area contributed by atoms with Crippen molar-refractivity contribution in [3.05, 3.63) is 22.8 Å². The number of fused-ring (bicyclic) bond motifs is 1. The molecule has 3 rings (SSSR count). The highest BCUT2D eigenvalue weighted by Crippen LogP contribution is 2.40. The minimum Gasteiger partial charge on any atom is -0.476 e. The second-order valence-electron chi connectivity index (χ2n) is 4.78. The van der Waals surface area contributed by atoms with Crippen LogP contribution in [0.2, 0.25) is 0 Å². The second kappa shape index (κ2) is 3.77. The summed E-state index contributed by atoms with van der Waals surface area (Å²) in [4.78, 5) is 19.8. The van der Waals surface area contributed by atoms with E-state index in [9.17, 15) is 15.0 Å². The molecule has 1 aromatic heterocycles. The molecule has 0 bridgehead atoms. The van der Waals surface area contributed by atoms with Gasteiger partial charge in [-0.2, -0.15) is 0 Å². The van der Waals surface area contributed by atoms with Crippen molar-refractivity contribution < 1.29 is 15.0 Å². The highest BCUT2D eigenvalue weighted by molar-refractivity contribution is 5.87. The van der Waals surface area contributed by atoms with E-state index >= 15 is 0 Å². The molecule has 1 aromatic rings. The maximum Gasteiger partial charge on any atom is 0.355 e. The molecule has 0 aliphatic heterocycles. The van der Waals surface area contributed by atoms with E-state index in [4.69, 9.17) is 0 Å². The van der Waals surface area contributed by atoms with Crippen molar-refractivity contribution in [3.8, 4) is 0 Å². The fourth-order valence-electron chi connectivity index (χ4n) is 2.37. The molecular weight excluding hydrogens is 220 g/mol. The van der Waals surface area contributed by atoms with Crippen molar-refractivity contribution in [2.75, 3.05) is 0 Å². The van der Waals surface area contributed by atoms with Crippen LogP contribution in [-0.4, -0.2) is 26.2 Å². The minimum atomic E-state index is -1.06. The molecule has 1 atom stereocenters. The lowest BCUT2D eigenvalue weighted by Crippen LogP contribution is -2.20. The summed E-state index contributed by atoms with van der Waals surface area (Å²) in [5, 5.41) is 19.1. The Morgan fingerprint density at radius 1 is 1.24 bits per heavy atom. The number of aromatic nitrogens is 2. The van der Waals surface area contributed by atoms with Gasteiger partial charge < -0.3 is 10.2 Å². The normalized spacial score (nSPS) is 23.2. The Hall–Kier alpha value is -1.49. The SMILES string of the molecule is O=C(O)c1nc(C2CC2)nc2c1C(O)CCC2. The van der Waals surface area contributed by atoms with Gasteiger partial charge in [-0.25, -0.2) is 14.8 Å². The Morgan fingerprint density at radius 3 is 2.65 bits per heavy atom. The van der Waals surface area contributed by atoms with Crippen molar-refractivity contribution in [2.45, 2.75) is 44.1 Å². The zero-order valence-corrected chi connectivity index (χ0v) is 9.39. The molecule has 0 radical (unpaired) electrons. The van der Waals surface area contributed by atoms with E-state index in [-0.39, 0.29) is 5.69 Å². The fourth-order valence-corrected chi connectivity index (χ4v) is 2.37. The van der Waals surface area contributed by atoms with Gasteiger partial charge in [0.1, 0.15) is 5.82 Å². The van der Waals surface area contributed by atoms with E-state index in [2.05, 4.69) is 9.97 Å². The Bertz CT molecular complexity index is 483. The lowest BCUT2D eigenvalue weighted by Gasteiger charge is -2.22. The lowest BCUT2D eigenvalue weighted by atomic mass is 9.92. The number of hydrogen-bond donors (Lipinski definition) is 2. The first-order valence-electron chi connectivity index (χ1n) is 5.99. The van der Waals surface area contributed by atoms with Gasteiger partial charge in [0.15, 0.2) is 5.69 Å². The molecule has 0 saturated heterocycles. The third kappa shape index (κ3) is 1.80. The number of aromatic carboxylic acids is 1. The average Bonchev–Trinajstić information content (AvgIpc) is 3.11. The van der Waals surface area contributed by atoms with E-state index < -0.39 is 12.1 Å². The Morgan fingerprint density at radius 2 is 2.00 bits per heavy atom. The van der Waals surface area contributed by atoms with Gasteiger partial charge >= 0.3 is 5.97 Å². The fraction of sp³-hybridized carbons (Fsp3) is 0.583. The predicted molar refractivity (Wildman–Crippen MR) is 58.9 cm³/mol. The number of aliphatic hydroxyl groups excluding tert-OH is 1. The summed E-state index contributed by atoms with van der Waals surface area (Å²) in [6, 6.07) is 0. The summed E-state index contributed by atoms with van der Waals surface area (Å²) in [6.07, 6.45) is 3.56. The molecule has 90 valence electrons. The van der Waals surface area contributed by atoms with Crippen LogP contribution < -0.4 is 0 Å². The number of nitrogens with zero attached hydrogens (tertiary/aromatic N) is 2. The van der Waals surface area contributed by atoms with Gasteiger partial charge in [0, 0.05) is 11.5 Å². The number of rotatable bonds is 2. The van der Waals surface area contributed by atoms with Crippen LogP contribution in [0, 0.1) is 0 Å².